The number of rotatable bonds is 1. The molecule has 0 saturated carbocycles. The number of likely N-dealkylation sites (tertiary alicyclic amines) is 1. The molecule has 2 heterocycles. The van der Waals surface area contributed by atoms with Crippen LogP contribution in [0, 0.1) is 0 Å². The number of hydrogen-bond donors (Lipinski definition) is 1. The fraction of sp³-hybridized carbons (Fsp3) is 0.909. The van der Waals surface area contributed by atoms with Crippen LogP contribution in [0.1, 0.15) is 32.1 Å². The Hall–Kier alpha value is -0.640. The van der Waals surface area contributed by atoms with E-state index in [0.717, 1.165) is 38.8 Å². The van der Waals surface area contributed by atoms with Gasteiger partial charge in [-0.1, -0.05) is 6.42 Å². The van der Waals surface area contributed by atoms with Gasteiger partial charge in [0.05, 0.1) is 12.6 Å². The van der Waals surface area contributed by atoms with E-state index < -0.39 is 6.17 Å². The lowest BCUT2D eigenvalue weighted by molar-refractivity contribution is -0.136. The molecule has 2 aliphatic heterocycles. The van der Waals surface area contributed by atoms with E-state index in [1.165, 1.54) is 0 Å². The van der Waals surface area contributed by atoms with Crippen molar-refractivity contribution in [1.29, 1.82) is 0 Å². The van der Waals surface area contributed by atoms with Gasteiger partial charge in [0.15, 0.2) is 0 Å². The number of piperidine rings is 2. The highest BCUT2D eigenvalue weighted by Gasteiger charge is 2.29. The summed E-state index contributed by atoms with van der Waals surface area (Å²) in [6.07, 6.45) is 3.77. The van der Waals surface area contributed by atoms with Gasteiger partial charge in [0.2, 0.25) is 5.91 Å². The molecule has 0 bridgehead atoms. The van der Waals surface area contributed by atoms with Gasteiger partial charge in [-0.3, -0.25) is 4.79 Å². The molecular weight excluding hydrogens is 195 g/mol. The minimum Gasteiger partial charge on any atom is -0.338 e. The molecule has 1 N–H and O–H groups in total. The summed E-state index contributed by atoms with van der Waals surface area (Å²) < 4.78 is 13.1. The van der Waals surface area contributed by atoms with Crippen LogP contribution in [0.5, 0.6) is 0 Å². The molecule has 2 saturated heterocycles. The zero-order valence-corrected chi connectivity index (χ0v) is 9.04. The quantitative estimate of drug-likeness (QED) is 0.708. The van der Waals surface area contributed by atoms with Crippen LogP contribution in [-0.2, 0) is 4.79 Å². The first-order chi connectivity index (χ1) is 7.27. The molecular formula is C11H19FN2O. The van der Waals surface area contributed by atoms with Crippen molar-refractivity contribution in [2.24, 2.45) is 0 Å². The zero-order chi connectivity index (χ0) is 10.7. The van der Waals surface area contributed by atoms with Crippen molar-refractivity contribution in [2.75, 3.05) is 19.6 Å². The predicted molar refractivity (Wildman–Crippen MR) is 56.4 cm³/mol. The van der Waals surface area contributed by atoms with Crippen LogP contribution in [-0.4, -0.2) is 42.7 Å². The highest BCUT2D eigenvalue weighted by molar-refractivity contribution is 5.82. The van der Waals surface area contributed by atoms with Gasteiger partial charge in [-0.05, 0) is 32.2 Å². The summed E-state index contributed by atoms with van der Waals surface area (Å²) in [5.41, 5.74) is 0. The smallest absolute Gasteiger partial charge is 0.239 e. The normalized spacial score (nSPS) is 32.7. The van der Waals surface area contributed by atoms with Gasteiger partial charge in [0.25, 0.3) is 0 Å². The summed E-state index contributed by atoms with van der Waals surface area (Å²) in [5, 5.41) is 3.22. The molecule has 2 atom stereocenters. The number of nitrogens with one attached hydrogen (secondary N) is 1. The Morgan fingerprint density at radius 2 is 2.13 bits per heavy atom. The molecule has 0 aromatic rings. The van der Waals surface area contributed by atoms with Crippen LogP contribution in [0.15, 0.2) is 0 Å². The average molecular weight is 214 g/mol. The van der Waals surface area contributed by atoms with Crippen LogP contribution in [0.4, 0.5) is 4.39 Å². The Morgan fingerprint density at radius 3 is 2.80 bits per heavy atom. The molecule has 3 nitrogen and oxygen atoms in total. The second-order valence-corrected chi connectivity index (χ2v) is 4.53. The SMILES string of the molecule is O=C([C@@H]1CCCCN1)N1CCC[C@@H](F)C1. The monoisotopic (exact) mass is 214 g/mol. The average Bonchev–Trinajstić information content (AvgIpc) is 2.29. The molecule has 0 aliphatic carbocycles. The summed E-state index contributed by atoms with van der Waals surface area (Å²) >= 11 is 0. The van der Waals surface area contributed by atoms with Gasteiger partial charge in [0.1, 0.15) is 6.17 Å². The second kappa shape index (κ2) is 4.92. The number of nitrogens with zero attached hydrogens (tertiary/aromatic N) is 1. The molecule has 1 amide bonds. The molecule has 4 heteroatoms. The number of alkyl halides is 1. The van der Waals surface area contributed by atoms with E-state index in [9.17, 15) is 9.18 Å². The molecule has 2 rings (SSSR count). The van der Waals surface area contributed by atoms with Gasteiger partial charge >= 0.3 is 0 Å². The maximum absolute atomic E-state index is 13.1. The van der Waals surface area contributed by atoms with Crippen molar-refractivity contribution in [3.63, 3.8) is 0 Å². The Morgan fingerprint density at radius 1 is 1.27 bits per heavy atom. The first-order valence-electron chi connectivity index (χ1n) is 5.93. The van der Waals surface area contributed by atoms with Crippen molar-refractivity contribution in [3.05, 3.63) is 0 Å². The summed E-state index contributed by atoms with van der Waals surface area (Å²) in [4.78, 5) is 13.7. The third-order valence-corrected chi connectivity index (χ3v) is 3.28. The van der Waals surface area contributed by atoms with Crippen molar-refractivity contribution in [3.8, 4) is 0 Å². The number of amides is 1. The highest BCUT2D eigenvalue weighted by atomic mass is 19.1. The molecule has 2 fully saturated rings. The molecule has 0 aromatic carbocycles. The van der Waals surface area contributed by atoms with Gasteiger partial charge in [-0.15, -0.1) is 0 Å². The number of halogens is 1. The molecule has 0 radical (unpaired) electrons. The highest BCUT2D eigenvalue weighted by Crippen LogP contribution is 2.16. The van der Waals surface area contributed by atoms with Crippen molar-refractivity contribution in [1.82, 2.24) is 10.2 Å². The van der Waals surface area contributed by atoms with E-state index in [-0.39, 0.29) is 11.9 Å². The maximum Gasteiger partial charge on any atom is 0.239 e. The minimum atomic E-state index is -0.814. The Kier molecular flexibility index (Phi) is 3.57. The van der Waals surface area contributed by atoms with E-state index in [1.807, 2.05) is 0 Å². The van der Waals surface area contributed by atoms with E-state index in [4.69, 9.17) is 0 Å². The fourth-order valence-electron chi connectivity index (χ4n) is 2.41. The lowest BCUT2D eigenvalue weighted by Gasteiger charge is -2.33. The second-order valence-electron chi connectivity index (χ2n) is 4.53. The van der Waals surface area contributed by atoms with Crippen molar-refractivity contribution >= 4 is 5.91 Å². The maximum atomic E-state index is 13.1. The molecule has 0 unspecified atom stereocenters. The third-order valence-electron chi connectivity index (χ3n) is 3.28. The first kappa shape index (κ1) is 10.9. The van der Waals surface area contributed by atoms with Crippen LogP contribution >= 0.6 is 0 Å². The zero-order valence-electron chi connectivity index (χ0n) is 9.04. The van der Waals surface area contributed by atoms with Gasteiger partial charge in [-0.2, -0.15) is 0 Å². The summed E-state index contributed by atoms with van der Waals surface area (Å²) in [7, 11) is 0. The molecule has 15 heavy (non-hydrogen) atoms. The molecule has 86 valence electrons. The number of carbonyl (C=O) groups is 1. The summed E-state index contributed by atoms with van der Waals surface area (Å²) in [6.45, 7) is 1.96. The van der Waals surface area contributed by atoms with Crippen LogP contribution in [0.25, 0.3) is 0 Å². The van der Waals surface area contributed by atoms with Crippen LogP contribution < -0.4 is 5.32 Å². The lowest BCUT2D eigenvalue weighted by atomic mass is 10.0. The van der Waals surface area contributed by atoms with Crippen LogP contribution in [0.2, 0.25) is 0 Å². The fourth-order valence-corrected chi connectivity index (χ4v) is 2.41. The van der Waals surface area contributed by atoms with Crippen LogP contribution in [0.3, 0.4) is 0 Å². The van der Waals surface area contributed by atoms with Crippen molar-refractivity contribution < 1.29 is 9.18 Å². The Bertz CT molecular complexity index is 229. The molecule has 2 aliphatic rings. The lowest BCUT2D eigenvalue weighted by Crippen LogP contribution is -2.51. The third kappa shape index (κ3) is 2.68. The molecule has 0 aromatic heterocycles. The number of hydrogen-bond acceptors (Lipinski definition) is 2. The topological polar surface area (TPSA) is 32.3 Å². The molecule has 0 spiro atoms. The van der Waals surface area contributed by atoms with E-state index in [1.54, 1.807) is 4.90 Å². The van der Waals surface area contributed by atoms with E-state index in [2.05, 4.69) is 5.32 Å². The van der Waals surface area contributed by atoms with E-state index in [0.29, 0.717) is 13.0 Å². The standard InChI is InChI=1S/C11H19FN2O/c12-9-4-3-7-14(8-9)11(15)10-5-1-2-6-13-10/h9-10,13H,1-8H2/t9-,10+/m1/s1. The van der Waals surface area contributed by atoms with Gasteiger partial charge in [-0.25, -0.2) is 4.39 Å². The largest absolute Gasteiger partial charge is 0.338 e. The predicted octanol–water partition coefficient (Wildman–Crippen LogP) is 1.09. The number of carbonyl (C=O) groups excluding carboxylic acids is 1. The van der Waals surface area contributed by atoms with Gasteiger partial charge < -0.3 is 10.2 Å². The Labute approximate surface area is 90.0 Å². The Balaban J connectivity index is 1.88. The van der Waals surface area contributed by atoms with Crippen molar-refractivity contribution in [2.45, 2.75) is 44.3 Å². The summed E-state index contributed by atoms with van der Waals surface area (Å²) in [5.74, 6) is 0.108. The minimum absolute atomic E-state index is 0.0518. The van der Waals surface area contributed by atoms with Gasteiger partial charge in [0, 0.05) is 6.54 Å². The summed E-state index contributed by atoms with van der Waals surface area (Å²) in [6, 6.07) is -0.0518. The first-order valence-corrected chi connectivity index (χ1v) is 5.93. The van der Waals surface area contributed by atoms with E-state index >= 15 is 0 Å².